The number of hydrogen-bond acceptors (Lipinski definition) is 3. The van der Waals surface area contributed by atoms with E-state index in [1.54, 1.807) is 17.4 Å². The smallest absolute Gasteiger partial charge is 0.335 e. The lowest BCUT2D eigenvalue weighted by atomic mass is 10.1. The minimum atomic E-state index is -1.04. The van der Waals surface area contributed by atoms with Gasteiger partial charge in [-0.2, -0.15) is 0 Å². The zero-order valence-electron chi connectivity index (χ0n) is 8.60. The molecule has 0 spiro atoms. The molecule has 0 amide bonds. The van der Waals surface area contributed by atoms with Gasteiger partial charge in [-0.1, -0.05) is 0 Å². The fraction of sp³-hybridized carbons (Fsp3) is 0.0833. The number of aryl methyl sites for hydroxylation is 1. The van der Waals surface area contributed by atoms with Crippen LogP contribution in [0.3, 0.4) is 0 Å². The molecule has 0 aliphatic rings. The van der Waals surface area contributed by atoms with Gasteiger partial charge in [-0.3, -0.25) is 0 Å². The van der Waals surface area contributed by atoms with Gasteiger partial charge in [0.2, 0.25) is 0 Å². The first kappa shape index (κ1) is 10.7. The van der Waals surface area contributed by atoms with Crippen LogP contribution in [0.25, 0.3) is 11.1 Å². The van der Waals surface area contributed by atoms with Gasteiger partial charge in [-0.05, 0) is 42.1 Å². The molecule has 82 valence electrons. The Morgan fingerprint density at radius 3 is 2.56 bits per heavy atom. The number of hydrogen-bond donors (Lipinski definition) is 2. The maximum absolute atomic E-state index is 10.7. The van der Waals surface area contributed by atoms with Crippen molar-refractivity contribution in [1.29, 1.82) is 0 Å². The topological polar surface area (TPSA) is 57.5 Å². The summed E-state index contributed by atoms with van der Waals surface area (Å²) in [4.78, 5) is 11.8. The molecule has 16 heavy (non-hydrogen) atoms. The lowest BCUT2D eigenvalue weighted by Gasteiger charge is -2.03. The predicted octanol–water partition coefficient (Wildman–Crippen LogP) is 3.13. The van der Waals surface area contributed by atoms with E-state index in [1.807, 2.05) is 18.4 Å². The third-order valence-electron chi connectivity index (χ3n) is 2.29. The summed E-state index contributed by atoms with van der Waals surface area (Å²) in [6, 6.07) is 6.34. The van der Waals surface area contributed by atoms with E-state index in [4.69, 9.17) is 5.11 Å². The van der Waals surface area contributed by atoms with Crippen LogP contribution >= 0.6 is 11.3 Å². The lowest BCUT2D eigenvalue weighted by Crippen LogP contribution is -1.95. The molecule has 0 radical (unpaired) electrons. The first-order valence-corrected chi connectivity index (χ1v) is 5.57. The van der Waals surface area contributed by atoms with E-state index < -0.39 is 5.97 Å². The molecule has 0 unspecified atom stereocenters. The molecule has 2 N–H and O–H groups in total. The molecule has 3 nitrogen and oxygen atoms in total. The molecule has 0 aliphatic carbocycles. The molecule has 0 saturated carbocycles. The maximum Gasteiger partial charge on any atom is 0.335 e. The third kappa shape index (κ3) is 1.92. The van der Waals surface area contributed by atoms with Crippen LogP contribution in [-0.2, 0) is 0 Å². The fourth-order valence-corrected chi connectivity index (χ4v) is 2.20. The molecule has 0 aliphatic heterocycles. The van der Waals surface area contributed by atoms with E-state index >= 15 is 0 Å². The summed E-state index contributed by atoms with van der Waals surface area (Å²) in [5.74, 6) is -1.04. The quantitative estimate of drug-likeness (QED) is 0.839. The summed E-state index contributed by atoms with van der Waals surface area (Å²) >= 11 is 1.59. The first-order chi connectivity index (χ1) is 7.58. The average molecular weight is 234 g/mol. The van der Waals surface area contributed by atoms with Crippen LogP contribution in [0.2, 0.25) is 0 Å². The third-order valence-corrected chi connectivity index (χ3v) is 3.15. The number of benzene rings is 1. The Kier molecular flexibility index (Phi) is 2.66. The minimum Gasteiger partial charge on any atom is -0.507 e. The van der Waals surface area contributed by atoms with Gasteiger partial charge in [0.15, 0.2) is 0 Å². The molecule has 0 saturated heterocycles. The van der Waals surface area contributed by atoms with E-state index in [1.165, 1.54) is 12.1 Å². The number of aromatic hydroxyl groups is 1. The zero-order valence-corrected chi connectivity index (χ0v) is 9.41. The maximum atomic E-state index is 10.7. The average Bonchev–Trinajstić information content (AvgIpc) is 2.64. The number of carboxylic acid groups (broad SMARTS) is 1. The van der Waals surface area contributed by atoms with Crippen LogP contribution in [-0.4, -0.2) is 16.2 Å². The number of carboxylic acids is 1. The van der Waals surface area contributed by atoms with E-state index in [-0.39, 0.29) is 11.3 Å². The molecular formula is C12H10O3S. The number of rotatable bonds is 2. The Bertz CT molecular complexity index is 543. The van der Waals surface area contributed by atoms with E-state index in [9.17, 15) is 9.90 Å². The van der Waals surface area contributed by atoms with Gasteiger partial charge in [-0.15, -0.1) is 11.3 Å². The van der Waals surface area contributed by atoms with Gasteiger partial charge in [0.1, 0.15) is 5.75 Å². The van der Waals surface area contributed by atoms with Crippen molar-refractivity contribution >= 4 is 17.3 Å². The Morgan fingerprint density at radius 1 is 1.31 bits per heavy atom. The second kappa shape index (κ2) is 3.98. The van der Waals surface area contributed by atoms with Crippen molar-refractivity contribution in [3.05, 3.63) is 40.1 Å². The van der Waals surface area contributed by atoms with Crippen LogP contribution in [0.1, 0.15) is 15.2 Å². The highest BCUT2D eigenvalue weighted by molar-refractivity contribution is 7.10. The zero-order chi connectivity index (χ0) is 11.7. The van der Waals surface area contributed by atoms with Crippen molar-refractivity contribution < 1.29 is 15.0 Å². The van der Waals surface area contributed by atoms with E-state index in [0.717, 1.165) is 10.4 Å². The second-order valence-corrected chi connectivity index (χ2v) is 4.60. The SMILES string of the molecule is Cc1cc(-c2ccc(C(=O)O)cc2O)cs1. The molecule has 1 heterocycles. The summed E-state index contributed by atoms with van der Waals surface area (Å²) in [5, 5.41) is 20.4. The Hall–Kier alpha value is -1.81. The highest BCUT2D eigenvalue weighted by Crippen LogP contribution is 2.32. The Morgan fingerprint density at radius 2 is 2.06 bits per heavy atom. The summed E-state index contributed by atoms with van der Waals surface area (Å²) in [5.41, 5.74) is 1.67. The normalized spacial score (nSPS) is 10.3. The van der Waals surface area contributed by atoms with Crippen molar-refractivity contribution in [2.24, 2.45) is 0 Å². The van der Waals surface area contributed by atoms with Gasteiger partial charge in [0.25, 0.3) is 0 Å². The van der Waals surface area contributed by atoms with Crippen molar-refractivity contribution in [3.8, 4) is 16.9 Å². The molecule has 2 rings (SSSR count). The van der Waals surface area contributed by atoms with Gasteiger partial charge in [0.05, 0.1) is 5.56 Å². The molecule has 0 atom stereocenters. The molecule has 1 aromatic heterocycles. The van der Waals surface area contributed by atoms with Gasteiger partial charge < -0.3 is 10.2 Å². The summed E-state index contributed by atoms with van der Waals surface area (Å²) in [6.45, 7) is 1.98. The first-order valence-electron chi connectivity index (χ1n) is 4.70. The van der Waals surface area contributed by atoms with Crippen molar-refractivity contribution in [2.75, 3.05) is 0 Å². The Labute approximate surface area is 96.6 Å². The second-order valence-electron chi connectivity index (χ2n) is 3.48. The largest absolute Gasteiger partial charge is 0.507 e. The lowest BCUT2D eigenvalue weighted by molar-refractivity contribution is 0.0696. The van der Waals surface area contributed by atoms with Crippen LogP contribution in [0, 0.1) is 6.92 Å². The van der Waals surface area contributed by atoms with E-state index in [0.29, 0.717) is 5.56 Å². The minimum absolute atomic E-state index is 0.00213. The van der Waals surface area contributed by atoms with Crippen molar-refractivity contribution in [3.63, 3.8) is 0 Å². The van der Waals surface area contributed by atoms with Crippen LogP contribution in [0.15, 0.2) is 29.6 Å². The van der Waals surface area contributed by atoms with Gasteiger partial charge in [0, 0.05) is 10.4 Å². The van der Waals surface area contributed by atoms with Crippen LogP contribution < -0.4 is 0 Å². The molecule has 0 fully saturated rings. The molecular weight excluding hydrogens is 224 g/mol. The number of carbonyl (C=O) groups is 1. The summed E-state index contributed by atoms with van der Waals surface area (Å²) < 4.78 is 0. The van der Waals surface area contributed by atoms with Crippen LogP contribution in [0.5, 0.6) is 5.75 Å². The molecule has 1 aromatic carbocycles. The summed E-state index contributed by atoms with van der Waals surface area (Å²) in [7, 11) is 0. The number of phenols is 1. The fourth-order valence-electron chi connectivity index (χ4n) is 1.49. The summed E-state index contributed by atoms with van der Waals surface area (Å²) in [6.07, 6.45) is 0. The van der Waals surface area contributed by atoms with Crippen LogP contribution in [0.4, 0.5) is 0 Å². The monoisotopic (exact) mass is 234 g/mol. The molecule has 4 heteroatoms. The van der Waals surface area contributed by atoms with Gasteiger partial charge >= 0.3 is 5.97 Å². The number of aromatic carboxylic acids is 1. The number of thiophene rings is 1. The predicted molar refractivity (Wildman–Crippen MR) is 63.1 cm³/mol. The molecule has 0 bridgehead atoms. The Balaban J connectivity index is 2.47. The highest BCUT2D eigenvalue weighted by Gasteiger charge is 2.09. The standard InChI is InChI=1S/C12H10O3S/c1-7-4-9(6-16-7)10-3-2-8(12(14)15)5-11(10)13/h2-6,13H,1H3,(H,14,15). The van der Waals surface area contributed by atoms with Gasteiger partial charge in [-0.25, -0.2) is 4.79 Å². The molecule has 2 aromatic rings. The van der Waals surface area contributed by atoms with Crippen molar-refractivity contribution in [2.45, 2.75) is 6.92 Å². The highest BCUT2D eigenvalue weighted by atomic mass is 32.1. The van der Waals surface area contributed by atoms with E-state index in [2.05, 4.69) is 0 Å². The van der Waals surface area contributed by atoms with Crippen molar-refractivity contribution in [1.82, 2.24) is 0 Å². The number of phenolic OH excluding ortho intramolecular Hbond substituents is 1.